The van der Waals surface area contributed by atoms with Crippen molar-refractivity contribution in [3.05, 3.63) is 46.5 Å². The molecule has 0 radical (unpaired) electrons. The van der Waals surface area contributed by atoms with E-state index in [1.807, 2.05) is 6.07 Å². The van der Waals surface area contributed by atoms with Crippen LogP contribution in [0.25, 0.3) is 0 Å². The molecule has 90 valence electrons. The van der Waals surface area contributed by atoms with E-state index in [1.54, 1.807) is 0 Å². The Kier molecular flexibility index (Phi) is 3.21. The minimum atomic E-state index is 0.690. The summed E-state index contributed by atoms with van der Waals surface area (Å²) in [7, 11) is 0. The Morgan fingerprint density at radius 2 is 2.24 bits per heavy atom. The van der Waals surface area contributed by atoms with Crippen molar-refractivity contribution in [1.82, 2.24) is 4.90 Å². The lowest BCUT2D eigenvalue weighted by Crippen LogP contribution is -2.31. The minimum absolute atomic E-state index is 0.690. The molecule has 1 aliphatic carbocycles. The van der Waals surface area contributed by atoms with Crippen LogP contribution in [0.5, 0.6) is 0 Å². The van der Waals surface area contributed by atoms with Crippen molar-refractivity contribution in [2.24, 2.45) is 0 Å². The molecular formula is C15H18ClN. The van der Waals surface area contributed by atoms with Crippen molar-refractivity contribution in [2.75, 3.05) is 19.6 Å². The molecule has 0 amide bonds. The van der Waals surface area contributed by atoms with Crippen LogP contribution in [-0.2, 0) is 6.42 Å². The third-order valence-electron chi connectivity index (χ3n) is 3.93. The summed E-state index contributed by atoms with van der Waals surface area (Å²) >= 11 is 6.11. The van der Waals surface area contributed by atoms with E-state index in [-0.39, 0.29) is 0 Å². The first-order valence-corrected chi connectivity index (χ1v) is 6.86. The maximum Gasteiger partial charge on any atom is 0.0409 e. The number of fused-ring (bicyclic) bond motifs is 1. The molecule has 1 unspecified atom stereocenters. The topological polar surface area (TPSA) is 3.24 Å². The van der Waals surface area contributed by atoms with E-state index in [9.17, 15) is 0 Å². The number of nitrogens with zero attached hydrogens (tertiary/aromatic N) is 1. The van der Waals surface area contributed by atoms with E-state index in [2.05, 4.69) is 29.2 Å². The molecule has 0 spiro atoms. The summed E-state index contributed by atoms with van der Waals surface area (Å²) in [5.74, 6) is 0.690. The highest BCUT2D eigenvalue weighted by Crippen LogP contribution is 2.35. The third kappa shape index (κ3) is 2.41. The number of aryl methyl sites for hydroxylation is 1. The maximum atomic E-state index is 6.11. The van der Waals surface area contributed by atoms with Gasteiger partial charge in [0.05, 0.1) is 0 Å². The second-order valence-electron chi connectivity index (χ2n) is 5.10. The molecule has 17 heavy (non-hydrogen) atoms. The van der Waals surface area contributed by atoms with Crippen LogP contribution < -0.4 is 0 Å². The van der Waals surface area contributed by atoms with Gasteiger partial charge in [-0.3, -0.25) is 4.90 Å². The molecule has 2 heteroatoms. The quantitative estimate of drug-likeness (QED) is 0.722. The zero-order valence-electron chi connectivity index (χ0n) is 10.0. The smallest absolute Gasteiger partial charge is 0.0409 e. The van der Waals surface area contributed by atoms with Crippen LogP contribution in [0.1, 0.15) is 29.9 Å². The fraction of sp³-hybridized carbons (Fsp3) is 0.467. The molecule has 0 bridgehead atoms. The van der Waals surface area contributed by atoms with Gasteiger partial charge in [-0.25, -0.2) is 0 Å². The molecule has 0 N–H and O–H groups in total. The molecule has 1 aromatic carbocycles. The second-order valence-corrected chi connectivity index (χ2v) is 5.53. The zero-order chi connectivity index (χ0) is 11.7. The molecule has 1 aliphatic heterocycles. The first kappa shape index (κ1) is 11.3. The predicted octanol–water partition coefficient (Wildman–Crippen LogP) is 3.63. The van der Waals surface area contributed by atoms with Crippen LogP contribution in [0.4, 0.5) is 0 Å². The Morgan fingerprint density at radius 3 is 3.06 bits per heavy atom. The summed E-state index contributed by atoms with van der Waals surface area (Å²) in [6.07, 6.45) is 8.29. The highest BCUT2D eigenvalue weighted by molar-refractivity contribution is 6.30. The van der Waals surface area contributed by atoms with Gasteiger partial charge in [0, 0.05) is 24.7 Å². The van der Waals surface area contributed by atoms with Gasteiger partial charge in [0.15, 0.2) is 0 Å². The van der Waals surface area contributed by atoms with Gasteiger partial charge in [-0.2, -0.15) is 0 Å². The lowest BCUT2D eigenvalue weighted by molar-refractivity contribution is 0.278. The summed E-state index contributed by atoms with van der Waals surface area (Å²) in [6.45, 7) is 3.52. The SMILES string of the molecule is Clc1ccc2c(c1)C(CN1CC=CCC1)CC2. The zero-order valence-corrected chi connectivity index (χ0v) is 10.8. The summed E-state index contributed by atoms with van der Waals surface area (Å²) < 4.78 is 0. The van der Waals surface area contributed by atoms with E-state index in [4.69, 9.17) is 11.6 Å². The molecule has 0 aromatic heterocycles. The first-order chi connectivity index (χ1) is 8.33. The third-order valence-corrected chi connectivity index (χ3v) is 4.17. The van der Waals surface area contributed by atoms with Crippen molar-refractivity contribution in [1.29, 1.82) is 0 Å². The second kappa shape index (κ2) is 4.83. The van der Waals surface area contributed by atoms with Crippen molar-refractivity contribution < 1.29 is 0 Å². The monoisotopic (exact) mass is 247 g/mol. The largest absolute Gasteiger partial charge is 0.299 e. The molecule has 1 heterocycles. The molecule has 1 atom stereocenters. The molecular weight excluding hydrogens is 230 g/mol. The molecule has 2 aliphatic rings. The van der Waals surface area contributed by atoms with Crippen LogP contribution in [0.3, 0.4) is 0 Å². The Bertz CT molecular complexity index is 439. The van der Waals surface area contributed by atoms with E-state index >= 15 is 0 Å². The minimum Gasteiger partial charge on any atom is -0.299 e. The van der Waals surface area contributed by atoms with Crippen molar-refractivity contribution >= 4 is 11.6 Å². The predicted molar refractivity (Wildman–Crippen MR) is 72.7 cm³/mol. The summed E-state index contributed by atoms with van der Waals surface area (Å²) in [4.78, 5) is 2.56. The van der Waals surface area contributed by atoms with Crippen molar-refractivity contribution in [3.8, 4) is 0 Å². The lowest BCUT2D eigenvalue weighted by Gasteiger charge is -2.26. The normalized spacial score (nSPS) is 23.9. The van der Waals surface area contributed by atoms with Crippen LogP contribution in [0.15, 0.2) is 30.4 Å². The Hall–Kier alpha value is -0.790. The average Bonchev–Trinajstić information content (AvgIpc) is 2.73. The molecule has 0 fully saturated rings. The molecule has 0 saturated carbocycles. The maximum absolute atomic E-state index is 6.11. The van der Waals surface area contributed by atoms with E-state index in [0.29, 0.717) is 5.92 Å². The van der Waals surface area contributed by atoms with Gasteiger partial charge in [0.25, 0.3) is 0 Å². The number of halogens is 1. The standard InChI is InChI=1S/C15H18ClN/c16-14-7-6-12-4-5-13(15(12)10-14)11-17-8-2-1-3-9-17/h1-2,6-7,10,13H,3-5,8-9,11H2. The van der Waals surface area contributed by atoms with E-state index in [1.165, 1.54) is 43.5 Å². The molecule has 0 saturated heterocycles. The first-order valence-electron chi connectivity index (χ1n) is 6.48. The summed E-state index contributed by atoms with van der Waals surface area (Å²) in [5, 5.41) is 0.884. The Labute approximate surface area is 108 Å². The van der Waals surface area contributed by atoms with Gasteiger partial charge < -0.3 is 0 Å². The molecule has 3 rings (SSSR count). The highest BCUT2D eigenvalue weighted by Gasteiger charge is 2.24. The van der Waals surface area contributed by atoms with Crippen LogP contribution in [-0.4, -0.2) is 24.5 Å². The van der Waals surface area contributed by atoms with Crippen molar-refractivity contribution in [3.63, 3.8) is 0 Å². The van der Waals surface area contributed by atoms with Gasteiger partial charge in [-0.1, -0.05) is 29.8 Å². The van der Waals surface area contributed by atoms with Gasteiger partial charge in [-0.15, -0.1) is 0 Å². The lowest BCUT2D eigenvalue weighted by atomic mass is 10.0. The molecule has 1 aromatic rings. The fourth-order valence-electron chi connectivity index (χ4n) is 3.02. The Morgan fingerprint density at radius 1 is 1.29 bits per heavy atom. The average molecular weight is 248 g/mol. The van der Waals surface area contributed by atoms with Crippen molar-refractivity contribution in [2.45, 2.75) is 25.2 Å². The Balaban J connectivity index is 1.74. The van der Waals surface area contributed by atoms with Gasteiger partial charge in [-0.05, 0) is 48.4 Å². The summed E-state index contributed by atoms with van der Waals surface area (Å²) in [5.41, 5.74) is 3.00. The number of hydrogen-bond acceptors (Lipinski definition) is 1. The summed E-state index contributed by atoms with van der Waals surface area (Å²) in [6, 6.07) is 6.40. The van der Waals surface area contributed by atoms with Crippen LogP contribution in [0, 0.1) is 0 Å². The fourth-order valence-corrected chi connectivity index (χ4v) is 3.20. The van der Waals surface area contributed by atoms with E-state index < -0.39 is 0 Å². The number of benzene rings is 1. The number of hydrogen-bond donors (Lipinski definition) is 0. The molecule has 1 nitrogen and oxygen atoms in total. The van der Waals surface area contributed by atoms with Crippen LogP contribution >= 0.6 is 11.6 Å². The van der Waals surface area contributed by atoms with Crippen LogP contribution in [0.2, 0.25) is 5.02 Å². The highest BCUT2D eigenvalue weighted by atomic mass is 35.5. The van der Waals surface area contributed by atoms with Gasteiger partial charge >= 0.3 is 0 Å². The van der Waals surface area contributed by atoms with E-state index in [0.717, 1.165) is 11.6 Å². The van der Waals surface area contributed by atoms with Gasteiger partial charge in [0.1, 0.15) is 0 Å². The van der Waals surface area contributed by atoms with Gasteiger partial charge in [0.2, 0.25) is 0 Å². The number of rotatable bonds is 2.